The maximum atomic E-state index is 5.40. The van der Waals surface area contributed by atoms with Gasteiger partial charge in [0.2, 0.25) is 0 Å². The molecule has 1 heterocycles. The first-order valence-electron chi connectivity index (χ1n) is 6.38. The van der Waals surface area contributed by atoms with Crippen LogP contribution in [-0.4, -0.2) is 25.8 Å². The zero-order valence-electron chi connectivity index (χ0n) is 10.4. The molecule has 0 radical (unpaired) electrons. The van der Waals surface area contributed by atoms with Crippen molar-refractivity contribution in [3.63, 3.8) is 0 Å². The number of hydrogen-bond acceptors (Lipinski definition) is 2. The number of rotatable bonds is 3. The van der Waals surface area contributed by atoms with E-state index in [1.54, 1.807) is 0 Å². The van der Waals surface area contributed by atoms with Crippen LogP contribution in [0.2, 0.25) is 0 Å². The van der Waals surface area contributed by atoms with Crippen molar-refractivity contribution in [2.45, 2.75) is 46.1 Å². The summed E-state index contributed by atoms with van der Waals surface area (Å²) in [5.74, 6) is 1.60. The lowest BCUT2D eigenvalue weighted by Crippen LogP contribution is -2.35. The lowest BCUT2D eigenvalue weighted by Gasteiger charge is -2.20. The van der Waals surface area contributed by atoms with Crippen LogP contribution in [0.1, 0.15) is 40.0 Å². The molecule has 2 rings (SSSR count). The average molecular weight is 211 g/mol. The number of ether oxygens (including phenoxy) is 1. The van der Waals surface area contributed by atoms with Crippen LogP contribution in [0.15, 0.2) is 0 Å². The van der Waals surface area contributed by atoms with Crippen LogP contribution in [0.25, 0.3) is 0 Å². The molecule has 0 aromatic carbocycles. The van der Waals surface area contributed by atoms with E-state index in [1.165, 1.54) is 19.3 Å². The highest BCUT2D eigenvalue weighted by Crippen LogP contribution is 2.40. The summed E-state index contributed by atoms with van der Waals surface area (Å²) >= 11 is 0. The molecule has 1 saturated heterocycles. The Labute approximate surface area is 93.8 Å². The number of nitrogens with one attached hydrogen (secondary N) is 1. The maximum Gasteiger partial charge on any atom is 0.0507 e. The molecule has 3 atom stereocenters. The molecule has 3 unspecified atom stereocenters. The van der Waals surface area contributed by atoms with E-state index in [0.29, 0.717) is 5.41 Å². The predicted molar refractivity (Wildman–Crippen MR) is 62.9 cm³/mol. The van der Waals surface area contributed by atoms with E-state index in [4.69, 9.17) is 4.74 Å². The van der Waals surface area contributed by atoms with E-state index < -0.39 is 0 Å². The maximum absolute atomic E-state index is 5.40. The molecule has 0 amide bonds. The van der Waals surface area contributed by atoms with Gasteiger partial charge in [-0.3, -0.25) is 0 Å². The minimum atomic E-state index is 0.545. The molecule has 15 heavy (non-hydrogen) atoms. The van der Waals surface area contributed by atoms with Crippen LogP contribution in [0, 0.1) is 17.3 Å². The van der Waals surface area contributed by atoms with E-state index in [9.17, 15) is 0 Å². The Hall–Kier alpha value is -0.0800. The van der Waals surface area contributed by atoms with Gasteiger partial charge in [-0.05, 0) is 36.5 Å². The molecule has 0 aromatic heterocycles. The van der Waals surface area contributed by atoms with E-state index >= 15 is 0 Å². The minimum absolute atomic E-state index is 0.545. The fourth-order valence-electron chi connectivity index (χ4n) is 3.23. The van der Waals surface area contributed by atoms with Gasteiger partial charge in [0, 0.05) is 19.2 Å². The monoisotopic (exact) mass is 211 g/mol. The van der Waals surface area contributed by atoms with E-state index in [-0.39, 0.29) is 0 Å². The summed E-state index contributed by atoms with van der Waals surface area (Å²) < 4.78 is 5.40. The van der Waals surface area contributed by atoms with Gasteiger partial charge in [0.05, 0.1) is 6.61 Å². The standard InChI is InChI=1S/C13H25NO/c1-10-6-13(2,3)7-12(10)14-8-11-4-5-15-9-11/h10-12,14H,4-9H2,1-3H3. The normalized spacial score (nSPS) is 39.8. The van der Waals surface area contributed by atoms with Crippen LogP contribution in [0.3, 0.4) is 0 Å². The topological polar surface area (TPSA) is 21.3 Å². The second-order valence-electron chi connectivity index (χ2n) is 6.29. The van der Waals surface area contributed by atoms with Crippen molar-refractivity contribution in [3.05, 3.63) is 0 Å². The average Bonchev–Trinajstić information content (AvgIpc) is 2.70. The van der Waals surface area contributed by atoms with Crippen LogP contribution in [0.5, 0.6) is 0 Å². The van der Waals surface area contributed by atoms with Gasteiger partial charge in [0.15, 0.2) is 0 Å². The highest BCUT2D eigenvalue weighted by atomic mass is 16.5. The third kappa shape index (κ3) is 2.94. The summed E-state index contributed by atoms with van der Waals surface area (Å²) in [6, 6.07) is 0.737. The molecule has 2 nitrogen and oxygen atoms in total. The minimum Gasteiger partial charge on any atom is -0.381 e. The van der Waals surface area contributed by atoms with Crippen LogP contribution in [-0.2, 0) is 4.74 Å². The van der Waals surface area contributed by atoms with Crippen molar-refractivity contribution in [1.82, 2.24) is 5.32 Å². The molecule has 1 saturated carbocycles. The third-order valence-corrected chi connectivity index (χ3v) is 4.03. The Morgan fingerprint density at radius 2 is 2.13 bits per heavy atom. The molecule has 0 spiro atoms. The second kappa shape index (κ2) is 4.42. The van der Waals surface area contributed by atoms with E-state index in [1.807, 2.05) is 0 Å². The second-order valence-corrected chi connectivity index (χ2v) is 6.29. The van der Waals surface area contributed by atoms with Crippen molar-refractivity contribution >= 4 is 0 Å². The molecular formula is C13H25NO. The van der Waals surface area contributed by atoms with Gasteiger partial charge >= 0.3 is 0 Å². The summed E-state index contributed by atoms with van der Waals surface area (Å²) in [4.78, 5) is 0. The number of hydrogen-bond donors (Lipinski definition) is 1. The van der Waals surface area contributed by atoms with Gasteiger partial charge in [-0.25, -0.2) is 0 Å². The summed E-state index contributed by atoms with van der Waals surface area (Å²) in [7, 11) is 0. The summed E-state index contributed by atoms with van der Waals surface area (Å²) in [5, 5.41) is 3.75. The first kappa shape index (κ1) is 11.4. The molecule has 2 fully saturated rings. The smallest absolute Gasteiger partial charge is 0.0507 e. The van der Waals surface area contributed by atoms with Crippen LogP contribution >= 0.6 is 0 Å². The van der Waals surface area contributed by atoms with Crippen molar-refractivity contribution in [3.8, 4) is 0 Å². The quantitative estimate of drug-likeness (QED) is 0.774. The van der Waals surface area contributed by atoms with Gasteiger partial charge in [0.1, 0.15) is 0 Å². The van der Waals surface area contributed by atoms with E-state index in [0.717, 1.165) is 37.6 Å². The molecule has 1 N–H and O–H groups in total. The Kier molecular flexibility index (Phi) is 3.36. The molecule has 88 valence electrons. The molecule has 2 aliphatic rings. The zero-order chi connectivity index (χ0) is 10.9. The fourth-order valence-corrected chi connectivity index (χ4v) is 3.23. The Balaban J connectivity index is 1.75. The summed E-state index contributed by atoms with van der Waals surface area (Å²) in [5.41, 5.74) is 0.545. The first-order chi connectivity index (χ1) is 7.07. The fraction of sp³-hybridized carbons (Fsp3) is 1.00. The van der Waals surface area contributed by atoms with Crippen molar-refractivity contribution in [2.75, 3.05) is 19.8 Å². The molecule has 0 bridgehead atoms. The largest absolute Gasteiger partial charge is 0.381 e. The van der Waals surface area contributed by atoms with Crippen LogP contribution < -0.4 is 5.32 Å². The molecular weight excluding hydrogens is 186 g/mol. The van der Waals surface area contributed by atoms with Gasteiger partial charge in [-0.2, -0.15) is 0 Å². The first-order valence-corrected chi connectivity index (χ1v) is 6.38. The summed E-state index contributed by atoms with van der Waals surface area (Å²) in [6.45, 7) is 10.3. The predicted octanol–water partition coefficient (Wildman–Crippen LogP) is 2.44. The van der Waals surface area contributed by atoms with Crippen molar-refractivity contribution in [2.24, 2.45) is 17.3 Å². The molecule has 0 aromatic rings. The van der Waals surface area contributed by atoms with Crippen molar-refractivity contribution < 1.29 is 4.74 Å². The summed E-state index contributed by atoms with van der Waals surface area (Å²) in [6.07, 6.45) is 3.95. The van der Waals surface area contributed by atoms with Gasteiger partial charge < -0.3 is 10.1 Å². The highest BCUT2D eigenvalue weighted by molar-refractivity contribution is 4.91. The SMILES string of the molecule is CC1CC(C)(C)CC1NCC1CCOC1. The zero-order valence-corrected chi connectivity index (χ0v) is 10.4. The highest BCUT2D eigenvalue weighted by Gasteiger charge is 2.36. The van der Waals surface area contributed by atoms with Gasteiger partial charge in [-0.1, -0.05) is 20.8 Å². The van der Waals surface area contributed by atoms with Gasteiger partial charge in [0.25, 0.3) is 0 Å². The van der Waals surface area contributed by atoms with E-state index in [2.05, 4.69) is 26.1 Å². The third-order valence-electron chi connectivity index (χ3n) is 4.03. The Morgan fingerprint density at radius 1 is 1.33 bits per heavy atom. The lowest BCUT2D eigenvalue weighted by molar-refractivity contribution is 0.184. The molecule has 2 heteroatoms. The Bertz CT molecular complexity index is 209. The lowest BCUT2D eigenvalue weighted by atomic mass is 9.91. The van der Waals surface area contributed by atoms with Gasteiger partial charge in [-0.15, -0.1) is 0 Å². The molecule has 1 aliphatic carbocycles. The van der Waals surface area contributed by atoms with Crippen molar-refractivity contribution in [1.29, 1.82) is 0 Å². The van der Waals surface area contributed by atoms with Crippen LogP contribution in [0.4, 0.5) is 0 Å². The molecule has 1 aliphatic heterocycles. The Morgan fingerprint density at radius 3 is 2.67 bits per heavy atom.